The van der Waals surface area contributed by atoms with Crippen molar-refractivity contribution in [2.45, 2.75) is 20.4 Å². The highest BCUT2D eigenvalue weighted by Gasteiger charge is 2.07. The molecule has 1 amide bonds. The lowest BCUT2D eigenvalue weighted by Crippen LogP contribution is -2.31. The zero-order valence-corrected chi connectivity index (χ0v) is 13.3. The first kappa shape index (κ1) is 17.6. The number of benzene rings is 1. The first-order chi connectivity index (χ1) is 9.98. The van der Waals surface area contributed by atoms with Gasteiger partial charge in [-0.2, -0.15) is 0 Å². The van der Waals surface area contributed by atoms with Crippen molar-refractivity contribution in [1.29, 1.82) is 0 Å². The minimum absolute atomic E-state index is 0.0548. The number of rotatable bonds is 9. The van der Waals surface area contributed by atoms with Gasteiger partial charge in [-0.1, -0.05) is 19.1 Å². The summed E-state index contributed by atoms with van der Waals surface area (Å²) in [6, 6.07) is 6.88. The molecule has 1 rings (SSSR count). The lowest BCUT2D eigenvalue weighted by Gasteiger charge is -2.07. The normalized spacial score (nSPS) is 11.3. The Labute approximate surface area is 126 Å². The summed E-state index contributed by atoms with van der Waals surface area (Å²) in [5, 5.41) is 5.93. The number of sulfonamides is 1. The van der Waals surface area contributed by atoms with Gasteiger partial charge in [0.25, 0.3) is 5.91 Å². The molecule has 0 bridgehead atoms. The van der Waals surface area contributed by atoms with Crippen LogP contribution in [0.3, 0.4) is 0 Å². The molecule has 0 aliphatic carbocycles. The average molecular weight is 313 g/mol. The molecule has 0 unspecified atom stereocenters. The van der Waals surface area contributed by atoms with E-state index in [0.717, 1.165) is 18.7 Å². The van der Waals surface area contributed by atoms with Gasteiger partial charge in [0, 0.05) is 25.2 Å². The topological polar surface area (TPSA) is 87.3 Å². The second kappa shape index (κ2) is 8.76. The highest BCUT2D eigenvalue weighted by atomic mass is 32.2. The standard InChI is InChI=1S/C14H23N3O3S/c1-3-15-9-10-16-14(18)13-7-5-12(6-8-13)11-17-21(19,20)4-2/h5-8,15,17H,3-4,9-11H2,1-2H3,(H,16,18). The summed E-state index contributed by atoms with van der Waals surface area (Å²) < 4.78 is 25.2. The van der Waals surface area contributed by atoms with Crippen LogP contribution in [-0.2, 0) is 16.6 Å². The summed E-state index contributed by atoms with van der Waals surface area (Å²) in [6.45, 7) is 6.01. The Hall–Kier alpha value is -1.44. The zero-order valence-electron chi connectivity index (χ0n) is 12.5. The third kappa shape index (κ3) is 6.70. The van der Waals surface area contributed by atoms with Gasteiger partial charge in [-0.05, 0) is 31.2 Å². The van der Waals surface area contributed by atoms with Crippen molar-refractivity contribution in [3.8, 4) is 0 Å². The average Bonchev–Trinajstić information content (AvgIpc) is 2.50. The molecule has 0 saturated heterocycles. The first-order valence-corrected chi connectivity index (χ1v) is 8.69. The van der Waals surface area contributed by atoms with Gasteiger partial charge in [-0.15, -0.1) is 0 Å². The fourth-order valence-electron chi connectivity index (χ4n) is 1.61. The minimum atomic E-state index is -3.20. The van der Waals surface area contributed by atoms with E-state index in [-0.39, 0.29) is 18.2 Å². The van der Waals surface area contributed by atoms with Crippen molar-refractivity contribution < 1.29 is 13.2 Å². The fourth-order valence-corrected chi connectivity index (χ4v) is 2.20. The van der Waals surface area contributed by atoms with Gasteiger partial charge >= 0.3 is 0 Å². The third-order valence-corrected chi connectivity index (χ3v) is 4.27. The minimum Gasteiger partial charge on any atom is -0.351 e. The summed E-state index contributed by atoms with van der Waals surface area (Å²) >= 11 is 0. The van der Waals surface area contributed by atoms with E-state index in [1.807, 2.05) is 6.92 Å². The molecule has 118 valence electrons. The molecule has 1 aromatic rings. The van der Waals surface area contributed by atoms with Crippen molar-refractivity contribution in [3.63, 3.8) is 0 Å². The smallest absolute Gasteiger partial charge is 0.251 e. The molecule has 7 heteroatoms. The van der Waals surface area contributed by atoms with Crippen LogP contribution in [-0.4, -0.2) is 39.7 Å². The molecule has 6 nitrogen and oxygen atoms in total. The maximum Gasteiger partial charge on any atom is 0.251 e. The number of nitrogens with one attached hydrogen (secondary N) is 3. The van der Waals surface area contributed by atoms with Crippen LogP contribution in [0.4, 0.5) is 0 Å². The van der Waals surface area contributed by atoms with Crippen LogP contribution in [0, 0.1) is 0 Å². The lowest BCUT2D eigenvalue weighted by atomic mass is 10.1. The molecule has 0 radical (unpaired) electrons. The zero-order chi connectivity index (χ0) is 15.7. The van der Waals surface area contributed by atoms with Gasteiger partial charge in [0.1, 0.15) is 0 Å². The summed E-state index contributed by atoms with van der Waals surface area (Å²) in [4.78, 5) is 11.8. The van der Waals surface area contributed by atoms with Crippen molar-refractivity contribution in [2.75, 3.05) is 25.4 Å². The Kier molecular flexibility index (Phi) is 7.35. The second-order valence-corrected chi connectivity index (χ2v) is 6.63. The van der Waals surface area contributed by atoms with E-state index in [1.165, 1.54) is 0 Å². The number of carbonyl (C=O) groups is 1. The Morgan fingerprint density at radius 3 is 2.33 bits per heavy atom. The predicted molar refractivity (Wildman–Crippen MR) is 83.6 cm³/mol. The number of carbonyl (C=O) groups excluding carboxylic acids is 1. The van der Waals surface area contributed by atoms with E-state index in [0.29, 0.717) is 12.1 Å². The largest absolute Gasteiger partial charge is 0.351 e. The quantitative estimate of drug-likeness (QED) is 0.578. The molecular weight excluding hydrogens is 290 g/mol. The number of likely N-dealkylation sites (N-methyl/N-ethyl adjacent to an activating group) is 1. The summed E-state index contributed by atoms with van der Waals surface area (Å²) in [7, 11) is -3.20. The molecule has 0 aliphatic rings. The number of hydrogen-bond acceptors (Lipinski definition) is 4. The van der Waals surface area contributed by atoms with Crippen LogP contribution < -0.4 is 15.4 Å². The summed E-state index contributed by atoms with van der Waals surface area (Å²) in [6.07, 6.45) is 0. The Balaban J connectivity index is 2.48. The van der Waals surface area contributed by atoms with Crippen molar-refractivity contribution in [3.05, 3.63) is 35.4 Å². The fraction of sp³-hybridized carbons (Fsp3) is 0.500. The highest BCUT2D eigenvalue weighted by molar-refractivity contribution is 7.89. The van der Waals surface area contributed by atoms with Gasteiger partial charge in [0.2, 0.25) is 10.0 Å². The number of hydrogen-bond donors (Lipinski definition) is 3. The molecule has 3 N–H and O–H groups in total. The monoisotopic (exact) mass is 313 g/mol. The van der Waals surface area contributed by atoms with E-state index >= 15 is 0 Å². The van der Waals surface area contributed by atoms with Gasteiger partial charge in [-0.25, -0.2) is 13.1 Å². The van der Waals surface area contributed by atoms with Crippen molar-refractivity contribution in [1.82, 2.24) is 15.4 Å². The molecule has 0 heterocycles. The molecule has 0 fully saturated rings. The molecule has 0 spiro atoms. The second-order valence-electron chi connectivity index (χ2n) is 4.53. The first-order valence-electron chi connectivity index (χ1n) is 7.03. The summed E-state index contributed by atoms with van der Waals surface area (Å²) in [5.74, 6) is -0.0761. The van der Waals surface area contributed by atoms with E-state index in [4.69, 9.17) is 0 Å². The highest BCUT2D eigenvalue weighted by Crippen LogP contribution is 2.05. The van der Waals surface area contributed by atoms with E-state index in [1.54, 1.807) is 31.2 Å². The van der Waals surface area contributed by atoms with Crippen molar-refractivity contribution in [2.24, 2.45) is 0 Å². The van der Waals surface area contributed by atoms with Crippen LogP contribution in [0.25, 0.3) is 0 Å². The molecule has 1 aromatic carbocycles. The van der Waals surface area contributed by atoms with Crippen LogP contribution in [0.2, 0.25) is 0 Å². The van der Waals surface area contributed by atoms with Gasteiger partial charge in [-0.3, -0.25) is 4.79 Å². The van der Waals surface area contributed by atoms with E-state index in [9.17, 15) is 13.2 Å². The predicted octanol–water partition coefficient (Wildman–Crippen LogP) is 0.465. The van der Waals surface area contributed by atoms with Gasteiger partial charge in [0.05, 0.1) is 5.75 Å². The molecule has 21 heavy (non-hydrogen) atoms. The maximum atomic E-state index is 11.8. The van der Waals surface area contributed by atoms with Crippen molar-refractivity contribution >= 4 is 15.9 Å². The van der Waals surface area contributed by atoms with E-state index < -0.39 is 10.0 Å². The molecule has 0 atom stereocenters. The Bertz CT molecular complexity index is 541. The number of amides is 1. The van der Waals surface area contributed by atoms with Gasteiger partial charge in [0.15, 0.2) is 0 Å². The summed E-state index contributed by atoms with van der Waals surface area (Å²) in [5.41, 5.74) is 1.38. The molecule has 0 saturated carbocycles. The van der Waals surface area contributed by atoms with Crippen LogP contribution in [0.5, 0.6) is 0 Å². The third-order valence-electron chi connectivity index (χ3n) is 2.93. The molecule has 0 aliphatic heterocycles. The van der Waals surface area contributed by atoms with Crippen LogP contribution in [0.1, 0.15) is 29.8 Å². The van der Waals surface area contributed by atoms with E-state index in [2.05, 4.69) is 15.4 Å². The Morgan fingerprint density at radius 1 is 1.10 bits per heavy atom. The molecular formula is C14H23N3O3S. The molecule has 0 aromatic heterocycles. The van der Waals surface area contributed by atoms with Crippen LogP contribution in [0.15, 0.2) is 24.3 Å². The Morgan fingerprint density at radius 2 is 1.76 bits per heavy atom. The maximum absolute atomic E-state index is 11.8. The van der Waals surface area contributed by atoms with Gasteiger partial charge < -0.3 is 10.6 Å². The van der Waals surface area contributed by atoms with Crippen LogP contribution >= 0.6 is 0 Å². The SMILES string of the molecule is CCNCCNC(=O)c1ccc(CNS(=O)(=O)CC)cc1. The lowest BCUT2D eigenvalue weighted by molar-refractivity contribution is 0.0954.